The summed E-state index contributed by atoms with van der Waals surface area (Å²) < 4.78 is 4.93. The number of carbonyl (C=O) groups is 1. The van der Waals surface area contributed by atoms with Crippen molar-refractivity contribution in [1.82, 2.24) is 4.98 Å². The van der Waals surface area contributed by atoms with E-state index < -0.39 is 5.97 Å². The van der Waals surface area contributed by atoms with Crippen LogP contribution in [0.1, 0.15) is 10.4 Å². The predicted molar refractivity (Wildman–Crippen MR) is 83.5 cm³/mol. The van der Waals surface area contributed by atoms with E-state index in [1.807, 2.05) is 36.4 Å². The Morgan fingerprint density at radius 1 is 1.10 bits per heavy atom. The van der Waals surface area contributed by atoms with Crippen molar-refractivity contribution >= 4 is 28.3 Å². The molecule has 104 valence electrons. The van der Waals surface area contributed by atoms with Crippen molar-refractivity contribution in [3.8, 4) is 11.3 Å². The molecule has 0 amide bonds. The highest BCUT2D eigenvalue weighted by Crippen LogP contribution is 2.29. The van der Waals surface area contributed by atoms with Crippen LogP contribution >= 0.6 is 11.6 Å². The van der Waals surface area contributed by atoms with Gasteiger partial charge in [-0.1, -0.05) is 48.0 Å². The summed E-state index contributed by atoms with van der Waals surface area (Å²) in [7, 11) is 1.37. The zero-order chi connectivity index (χ0) is 14.8. The lowest BCUT2D eigenvalue weighted by Crippen LogP contribution is -2.06. The number of rotatable bonds is 2. The topological polar surface area (TPSA) is 39.2 Å². The van der Waals surface area contributed by atoms with Gasteiger partial charge in [0.2, 0.25) is 0 Å². The highest BCUT2D eigenvalue weighted by Gasteiger charge is 2.18. The molecule has 0 aliphatic rings. The monoisotopic (exact) mass is 297 g/mol. The Morgan fingerprint density at radius 2 is 1.81 bits per heavy atom. The zero-order valence-corrected chi connectivity index (χ0v) is 12.1. The summed E-state index contributed by atoms with van der Waals surface area (Å²) in [4.78, 5) is 16.6. The average molecular weight is 298 g/mol. The highest BCUT2D eigenvalue weighted by atomic mass is 35.5. The van der Waals surface area contributed by atoms with Crippen molar-refractivity contribution in [2.45, 2.75) is 0 Å². The fourth-order valence-electron chi connectivity index (χ4n) is 2.30. The van der Waals surface area contributed by atoms with Crippen LogP contribution in [0.4, 0.5) is 0 Å². The van der Waals surface area contributed by atoms with Gasteiger partial charge in [0.25, 0.3) is 0 Å². The molecule has 1 aromatic heterocycles. The van der Waals surface area contributed by atoms with Crippen LogP contribution in [0.25, 0.3) is 22.0 Å². The van der Waals surface area contributed by atoms with Gasteiger partial charge in [-0.2, -0.15) is 0 Å². The Bertz CT molecular complexity index is 813. The van der Waals surface area contributed by atoms with Gasteiger partial charge in [-0.25, -0.2) is 4.79 Å². The number of nitrogens with zero attached hydrogens (tertiary/aromatic N) is 1. The number of hydrogen-bond donors (Lipinski definition) is 0. The summed E-state index contributed by atoms with van der Waals surface area (Å²) in [6.07, 6.45) is 1.76. The molecular weight excluding hydrogens is 286 g/mol. The molecule has 0 fully saturated rings. The van der Waals surface area contributed by atoms with E-state index in [-0.39, 0.29) is 0 Å². The molecule has 0 bridgehead atoms. The quantitative estimate of drug-likeness (QED) is 0.660. The molecule has 3 nitrogen and oxygen atoms in total. The standard InChI is InChI=1S/C17H12ClNO2/c1-21-17(20)15-14-5-3-2-4-12(14)10-19-16(15)11-6-8-13(18)9-7-11/h2-10H,1H3. The summed E-state index contributed by atoms with van der Waals surface area (Å²) in [5.74, 6) is -0.399. The Morgan fingerprint density at radius 3 is 2.52 bits per heavy atom. The van der Waals surface area contributed by atoms with Crippen LogP contribution in [0.3, 0.4) is 0 Å². The molecule has 0 spiro atoms. The second kappa shape index (κ2) is 5.54. The van der Waals surface area contributed by atoms with Gasteiger partial charge < -0.3 is 4.74 Å². The predicted octanol–water partition coefficient (Wildman–Crippen LogP) is 4.34. The lowest BCUT2D eigenvalue weighted by atomic mass is 10.00. The first-order chi connectivity index (χ1) is 10.2. The molecule has 4 heteroatoms. The van der Waals surface area contributed by atoms with Crippen LogP contribution in [-0.2, 0) is 4.74 Å². The van der Waals surface area contributed by atoms with Crippen molar-refractivity contribution in [2.75, 3.05) is 7.11 Å². The molecule has 0 saturated carbocycles. The molecule has 3 aromatic rings. The minimum absolute atomic E-state index is 0.399. The number of ether oxygens (including phenoxy) is 1. The van der Waals surface area contributed by atoms with Crippen LogP contribution in [-0.4, -0.2) is 18.1 Å². The number of aromatic nitrogens is 1. The van der Waals surface area contributed by atoms with E-state index in [4.69, 9.17) is 16.3 Å². The zero-order valence-electron chi connectivity index (χ0n) is 11.3. The fraction of sp³-hybridized carbons (Fsp3) is 0.0588. The Balaban J connectivity index is 2.31. The van der Waals surface area contributed by atoms with Crippen LogP contribution in [0.15, 0.2) is 54.7 Å². The molecular formula is C17H12ClNO2. The van der Waals surface area contributed by atoms with Crippen molar-refractivity contribution in [3.05, 3.63) is 65.3 Å². The van der Waals surface area contributed by atoms with Gasteiger partial charge in [0.05, 0.1) is 18.4 Å². The molecule has 0 radical (unpaired) electrons. The van der Waals surface area contributed by atoms with E-state index >= 15 is 0 Å². The van der Waals surface area contributed by atoms with E-state index in [0.717, 1.165) is 16.3 Å². The molecule has 0 aliphatic carbocycles. The first-order valence-electron chi connectivity index (χ1n) is 6.42. The lowest BCUT2D eigenvalue weighted by molar-refractivity contribution is 0.0603. The summed E-state index contributed by atoms with van der Waals surface area (Å²) in [5, 5.41) is 2.36. The summed E-state index contributed by atoms with van der Waals surface area (Å²) in [5.41, 5.74) is 1.89. The van der Waals surface area contributed by atoms with Crippen LogP contribution in [0.5, 0.6) is 0 Å². The Hall–Kier alpha value is -2.39. The molecule has 2 aromatic carbocycles. The number of benzene rings is 2. The van der Waals surface area contributed by atoms with E-state index in [9.17, 15) is 4.79 Å². The van der Waals surface area contributed by atoms with E-state index in [2.05, 4.69) is 4.98 Å². The number of halogens is 1. The van der Waals surface area contributed by atoms with Gasteiger partial charge in [0, 0.05) is 22.2 Å². The average Bonchev–Trinajstić information content (AvgIpc) is 2.54. The smallest absolute Gasteiger partial charge is 0.340 e. The van der Waals surface area contributed by atoms with E-state index in [0.29, 0.717) is 16.3 Å². The SMILES string of the molecule is COC(=O)c1c(-c2ccc(Cl)cc2)ncc2ccccc12. The molecule has 3 rings (SSSR count). The third-order valence-corrected chi connectivity index (χ3v) is 3.56. The molecule has 0 unspecified atom stereocenters. The number of methoxy groups -OCH3 is 1. The molecule has 1 heterocycles. The third-order valence-electron chi connectivity index (χ3n) is 3.31. The maximum Gasteiger partial charge on any atom is 0.340 e. The lowest BCUT2D eigenvalue weighted by Gasteiger charge is -2.10. The summed E-state index contributed by atoms with van der Waals surface area (Å²) >= 11 is 5.91. The molecule has 0 aliphatic heterocycles. The number of hydrogen-bond acceptors (Lipinski definition) is 3. The number of esters is 1. The minimum atomic E-state index is -0.399. The largest absolute Gasteiger partial charge is 0.465 e. The van der Waals surface area contributed by atoms with Crippen LogP contribution in [0, 0.1) is 0 Å². The van der Waals surface area contributed by atoms with Crippen molar-refractivity contribution < 1.29 is 9.53 Å². The maximum atomic E-state index is 12.2. The molecule has 0 atom stereocenters. The number of fused-ring (bicyclic) bond motifs is 1. The number of pyridine rings is 1. The van der Waals surface area contributed by atoms with Gasteiger partial charge >= 0.3 is 5.97 Å². The summed E-state index contributed by atoms with van der Waals surface area (Å²) in [6.45, 7) is 0. The number of carbonyl (C=O) groups excluding carboxylic acids is 1. The van der Waals surface area contributed by atoms with Crippen molar-refractivity contribution in [3.63, 3.8) is 0 Å². The third kappa shape index (κ3) is 2.48. The van der Waals surface area contributed by atoms with Crippen LogP contribution < -0.4 is 0 Å². The molecule has 0 saturated heterocycles. The van der Waals surface area contributed by atoms with E-state index in [1.54, 1.807) is 18.3 Å². The highest BCUT2D eigenvalue weighted by molar-refractivity contribution is 6.30. The van der Waals surface area contributed by atoms with Crippen LogP contribution in [0.2, 0.25) is 5.02 Å². The second-order valence-electron chi connectivity index (χ2n) is 4.57. The molecule has 21 heavy (non-hydrogen) atoms. The van der Waals surface area contributed by atoms with Gasteiger partial charge in [0.15, 0.2) is 0 Å². The Kier molecular flexibility index (Phi) is 3.59. The Labute approximate surface area is 127 Å². The first kappa shape index (κ1) is 13.6. The molecule has 0 N–H and O–H groups in total. The van der Waals surface area contributed by atoms with Crippen molar-refractivity contribution in [1.29, 1.82) is 0 Å². The van der Waals surface area contributed by atoms with Gasteiger partial charge in [0.1, 0.15) is 0 Å². The van der Waals surface area contributed by atoms with Gasteiger partial charge in [-0.05, 0) is 17.5 Å². The fourth-order valence-corrected chi connectivity index (χ4v) is 2.42. The maximum absolute atomic E-state index is 12.2. The normalized spacial score (nSPS) is 10.6. The van der Waals surface area contributed by atoms with Gasteiger partial charge in [-0.15, -0.1) is 0 Å². The summed E-state index contributed by atoms with van der Waals surface area (Å²) in [6, 6.07) is 14.8. The minimum Gasteiger partial charge on any atom is -0.465 e. The van der Waals surface area contributed by atoms with Gasteiger partial charge in [-0.3, -0.25) is 4.98 Å². The first-order valence-corrected chi connectivity index (χ1v) is 6.80. The van der Waals surface area contributed by atoms with Crippen molar-refractivity contribution in [2.24, 2.45) is 0 Å². The second-order valence-corrected chi connectivity index (χ2v) is 5.00. The van der Waals surface area contributed by atoms with E-state index in [1.165, 1.54) is 7.11 Å².